The lowest BCUT2D eigenvalue weighted by molar-refractivity contribution is 0.996. The minimum atomic E-state index is 0.276. The van der Waals surface area contributed by atoms with E-state index >= 15 is 0 Å². The van der Waals surface area contributed by atoms with Crippen molar-refractivity contribution in [2.24, 2.45) is 0 Å². The molecule has 0 fully saturated rings. The summed E-state index contributed by atoms with van der Waals surface area (Å²) in [6.07, 6.45) is 0. The first-order valence-electron chi connectivity index (χ1n) is 4.18. The third kappa shape index (κ3) is 1.58. The van der Waals surface area contributed by atoms with Crippen molar-refractivity contribution in [3.05, 3.63) is 22.1 Å². The van der Waals surface area contributed by atoms with Crippen LogP contribution >= 0.6 is 11.3 Å². The van der Waals surface area contributed by atoms with Gasteiger partial charge in [-0.15, -0.1) is 0 Å². The quantitative estimate of drug-likeness (QED) is 0.772. The maximum Gasteiger partial charge on any atom is 0.223 e. The van der Waals surface area contributed by atoms with Gasteiger partial charge in [0.05, 0.1) is 0 Å². The van der Waals surface area contributed by atoms with Gasteiger partial charge < -0.3 is 5.73 Å². The second-order valence-corrected chi connectivity index (χ2v) is 3.78. The van der Waals surface area contributed by atoms with E-state index in [4.69, 9.17) is 5.73 Å². The molecule has 0 amide bonds. The normalized spacial score (nSPS) is 10.4. The number of aryl methyl sites for hydroxylation is 2. The van der Waals surface area contributed by atoms with Gasteiger partial charge >= 0.3 is 0 Å². The SMILES string of the molecule is Cc1nc(N)nc(-c2cscc2C)n1. The van der Waals surface area contributed by atoms with Gasteiger partial charge in [0, 0.05) is 10.9 Å². The molecule has 0 bridgehead atoms. The molecule has 72 valence electrons. The number of hydrogen-bond acceptors (Lipinski definition) is 5. The maximum atomic E-state index is 5.56. The number of anilines is 1. The summed E-state index contributed by atoms with van der Waals surface area (Å²) in [6.45, 7) is 3.84. The molecule has 2 N–H and O–H groups in total. The summed E-state index contributed by atoms with van der Waals surface area (Å²) in [4.78, 5) is 12.3. The molecule has 2 aromatic rings. The number of aromatic nitrogens is 3. The van der Waals surface area contributed by atoms with E-state index in [2.05, 4.69) is 20.3 Å². The van der Waals surface area contributed by atoms with Crippen LogP contribution in [0.5, 0.6) is 0 Å². The van der Waals surface area contributed by atoms with Crippen LogP contribution in [-0.2, 0) is 0 Å². The highest BCUT2D eigenvalue weighted by molar-refractivity contribution is 7.08. The van der Waals surface area contributed by atoms with Crippen LogP contribution in [0.3, 0.4) is 0 Å². The van der Waals surface area contributed by atoms with Crippen LogP contribution in [0.4, 0.5) is 5.95 Å². The van der Waals surface area contributed by atoms with Gasteiger partial charge in [0.15, 0.2) is 5.82 Å². The van der Waals surface area contributed by atoms with Crippen LogP contribution < -0.4 is 5.73 Å². The van der Waals surface area contributed by atoms with Crippen LogP contribution in [0.1, 0.15) is 11.4 Å². The molecule has 0 aromatic carbocycles. The van der Waals surface area contributed by atoms with E-state index in [0.29, 0.717) is 11.6 Å². The van der Waals surface area contributed by atoms with Crippen molar-refractivity contribution in [1.82, 2.24) is 15.0 Å². The van der Waals surface area contributed by atoms with E-state index in [1.165, 1.54) is 5.56 Å². The number of thiophene rings is 1. The summed E-state index contributed by atoms with van der Waals surface area (Å²) in [5.41, 5.74) is 7.76. The number of hydrogen-bond donors (Lipinski definition) is 1. The first kappa shape index (κ1) is 9.08. The number of nitrogens with two attached hydrogens (primary N) is 1. The lowest BCUT2D eigenvalue weighted by Crippen LogP contribution is -2.01. The molecule has 0 aliphatic rings. The molecule has 4 nitrogen and oxygen atoms in total. The van der Waals surface area contributed by atoms with Crippen molar-refractivity contribution in [3.63, 3.8) is 0 Å². The molecule has 2 rings (SSSR count). The van der Waals surface area contributed by atoms with Crippen LogP contribution in [0.25, 0.3) is 11.4 Å². The third-order valence-electron chi connectivity index (χ3n) is 1.86. The molecule has 2 aromatic heterocycles. The Morgan fingerprint density at radius 2 is 1.93 bits per heavy atom. The fourth-order valence-corrected chi connectivity index (χ4v) is 2.04. The molecule has 0 saturated carbocycles. The van der Waals surface area contributed by atoms with Crippen LogP contribution in [0.15, 0.2) is 10.8 Å². The molecular formula is C9H10N4S. The molecule has 0 radical (unpaired) electrons. The van der Waals surface area contributed by atoms with Gasteiger partial charge in [-0.25, -0.2) is 4.98 Å². The fraction of sp³-hybridized carbons (Fsp3) is 0.222. The van der Waals surface area contributed by atoms with E-state index in [1.807, 2.05) is 19.2 Å². The Kier molecular flexibility index (Phi) is 2.17. The molecule has 0 aliphatic carbocycles. The molecule has 5 heteroatoms. The van der Waals surface area contributed by atoms with E-state index < -0.39 is 0 Å². The lowest BCUT2D eigenvalue weighted by atomic mass is 10.2. The molecule has 0 atom stereocenters. The fourth-order valence-electron chi connectivity index (χ4n) is 1.21. The van der Waals surface area contributed by atoms with E-state index in [9.17, 15) is 0 Å². The second kappa shape index (κ2) is 3.34. The smallest absolute Gasteiger partial charge is 0.223 e. The molecule has 14 heavy (non-hydrogen) atoms. The van der Waals surface area contributed by atoms with Crippen molar-refractivity contribution in [2.75, 3.05) is 5.73 Å². The molecule has 2 heterocycles. The standard InChI is InChI=1S/C9H10N4S/c1-5-3-14-4-7(5)8-11-6(2)12-9(10)13-8/h3-4H,1-2H3,(H2,10,11,12,13). The van der Waals surface area contributed by atoms with Crippen LogP contribution in [0, 0.1) is 13.8 Å². The molecule has 0 aliphatic heterocycles. The molecular weight excluding hydrogens is 196 g/mol. The summed E-state index contributed by atoms with van der Waals surface area (Å²) >= 11 is 1.63. The average Bonchev–Trinajstić information content (AvgIpc) is 2.49. The Balaban J connectivity index is 2.57. The first-order valence-corrected chi connectivity index (χ1v) is 5.12. The zero-order chi connectivity index (χ0) is 10.1. The highest BCUT2D eigenvalue weighted by atomic mass is 32.1. The average molecular weight is 206 g/mol. The third-order valence-corrected chi connectivity index (χ3v) is 2.72. The molecule has 0 spiro atoms. The summed E-state index contributed by atoms with van der Waals surface area (Å²) < 4.78 is 0. The summed E-state index contributed by atoms with van der Waals surface area (Å²) in [5, 5.41) is 4.08. The highest BCUT2D eigenvalue weighted by Gasteiger charge is 2.07. The van der Waals surface area contributed by atoms with E-state index in [0.717, 1.165) is 5.56 Å². The molecule has 0 saturated heterocycles. The van der Waals surface area contributed by atoms with Gasteiger partial charge in [-0.05, 0) is 24.8 Å². The van der Waals surface area contributed by atoms with Crippen molar-refractivity contribution in [1.29, 1.82) is 0 Å². The summed E-state index contributed by atoms with van der Waals surface area (Å²) in [6, 6.07) is 0. The van der Waals surface area contributed by atoms with Crippen molar-refractivity contribution in [3.8, 4) is 11.4 Å². The largest absolute Gasteiger partial charge is 0.368 e. The number of nitrogen functional groups attached to an aromatic ring is 1. The molecule has 0 unspecified atom stereocenters. The van der Waals surface area contributed by atoms with Gasteiger partial charge in [-0.3, -0.25) is 0 Å². The summed E-state index contributed by atoms with van der Waals surface area (Å²) in [5.74, 6) is 1.59. The Bertz CT molecular complexity index is 443. The minimum absolute atomic E-state index is 0.276. The van der Waals surface area contributed by atoms with Gasteiger partial charge in [0.2, 0.25) is 5.95 Å². The van der Waals surface area contributed by atoms with Crippen LogP contribution in [0.2, 0.25) is 0 Å². The zero-order valence-corrected chi connectivity index (χ0v) is 8.80. The van der Waals surface area contributed by atoms with Gasteiger partial charge in [-0.2, -0.15) is 21.3 Å². The predicted molar refractivity (Wildman–Crippen MR) is 57.0 cm³/mol. The van der Waals surface area contributed by atoms with Crippen molar-refractivity contribution < 1.29 is 0 Å². The number of rotatable bonds is 1. The summed E-state index contributed by atoms with van der Waals surface area (Å²) in [7, 11) is 0. The van der Waals surface area contributed by atoms with Gasteiger partial charge in [0.1, 0.15) is 5.82 Å². The Morgan fingerprint density at radius 3 is 2.50 bits per heavy atom. The van der Waals surface area contributed by atoms with Crippen molar-refractivity contribution >= 4 is 17.3 Å². The number of nitrogens with zero attached hydrogens (tertiary/aromatic N) is 3. The van der Waals surface area contributed by atoms with Gasteiger partial charge in [0.25, 0.3) is 0 Å². The topological polar surface area (TPSA) is 64.7 Å². The zero-order valence-electron chi connectivity index (χ0n) is 7.98. The second-order valence-electron chi connectivity index (χ2n) is 3.03. The first-order chi connectivity index (χ1) is 6.66. The van der Waals surface area contributed by atoms with Gasteiger partial charge in [-0.1, -0.05) is 0 Å². The van der Waals surface area contributed by atoms with Crippen molar-refractivity contribution in [2.45, 2.75) is 13.8 Å². The Labute approximate surface area is 85.9 Å². The minimum Gasteiger partial charge on any atom is -0.368 e. The Hall–Kier alpha value is -1.49. The van der Waals surface area contributed by atoms with Crippen LogP contribution in [-0.4, -0.2) is 15.0 Å². The lowest BCUT2D eigenvalue weighted by Gasteiger charge is -2.00. The van der Waals surface area contributed by atoms with E-state index in [-0.39, 0.29) is 5.95 Å². The highest BCUT2D eigenvalue weighted by Crippen LogP contribution is 2.23. The maximum absolute atomic E-state index is 5.56. The predicted octanol–water partition coefficient (Wildman–Crippen LogP) is 1.80. The Morgan fingerprint density at radius 1 is 1.14 bits per heavy atom. The monoisotopic (exact) mass is 206 g/mol. The van der Waals surface area contributed by atoms with E-state index in [1.54, 1.807) is 11.3 Å².